The minimum Gasteiger partial charge on any atom is -0.492 e. The van der Waals surface area contributed by atoms with Crippen molar-refractivity contribution in [3.05, 3.63) is 17.7 Å². The van der Waals surface area contributed by atoms with Gasteiger partial charge in [0.1, 0.15) is 6.04 Å². The van der Waals surface area contributed by atoms with Crippen molar-refractivity contribution in [1.29, 1.82) is 0 Å². The van der Waals surface area contributed by atoms with Gasteiger partial charge in [0.15, 0.2) is 11.5 Å². The largest absolute Gasteiger partial charge is 0.492 e. The third kappa shape index (κ3) is 4.18. The van der Waals surface area contributed by atoms with E-state index in [-0.39, 0.29) is 18.6 Å². The number of methoxy groups -OCH3 is 1. The molecule has 7 heteroatoms. The number of aliphatic hydroxyl groups excluding tert-OH is 1. The molecule has 148 valence electrons. The Labute approximate surface area is 160 Å². The van der Waals surface area contributed by atoms with Crippen molar-refractivity contribution in [3.63, 3.8) is 0 Å². The van der Waals surface area contributed by atoms with Crippen LogP contribution in [0.4, 0.5) is 5.69 Å². The monoisotopic (exact) mass is 375 g/mol. The van der Waals surface area contributed by atoms with Crippen LogP contribution in [0.5, 0.6) is 11.5 Å². The van der Waals surface area contributed by atoms with E-state index in [1.807, 2.05) is 24.0 Å². The van der Waals surface area contributed by atoms with E-state index in [1.54, 1.807) is 7.11 Å². The SMILES string of the molecule is CCC1C(=O)NC2=Nc3ccc(OCCCCCCCO)c(OC)c3CN21. The van der Waals surface area contributed by atoms with Gasteiger partial charge in [-0.05, 0) is 31.4 Å². The number of guanidine groups is 1. The number of amides is 1. The number of aliphatic imine (C=N–C) groups is 1. The maximum atomic E-state index is 12.1. The second-order valence-electron chi connectivity index (χ2n) is 6.91. The minimum absolute atomic E-state index is 0.000643. The van der Waals surface area contributed by atoms with Crippen LogP contribution in [0.25, 0.3) is 0 Å². The number of nitrogens with one attached hydrogen (secondary N) is 1. The fourth-order valence-corrected chi connectivity index (χ4v) is 3.64. The van der Waals surface area contributed by atoms with E-state index in [4.69, 9.17) is 14.6 Å². The molecule has 0 radical (unpaired) electrons. The lowest BCUT2D eigenvalue weighted by Crippen LogP contribution is -2.36. The first-order valence-electron chi connectivity index (χ1n) is 9.79. The predicted molar refractivity (Wildman–Crippen MR) is 104 cm³/mol. The standard InChI is InChI=1S/C20H29N3O4/c1-3-16-19(25)22-20-21-15-9-10-17(18(26-2)14(15)13-23(16)20)27-12-8-6-4-5-7-11-24/h9-10,16,24H,3-8,11-13H2,1-2H3,(H,21,22,25). The number of carbonyl (C=O) groups excluding carboxylic acids is 1. The first-order chi connectivity index (χ1) is 13.2. The fraction of sp³-hybridized carbons (Fsp3) is 0.600. The number of nitrogens with zero attached hydrogens (tertiary/aromatic N) is 2. The van der Waals surface area contributed by atoms with Gasteiger partial charge in [0.2, 0.25) is 11.9 Å². The second kappa shape index (κ2) is 9.08. The molecule has 7 nitrogen and oxygen atoms in total. The van der Waals surface area contributed by atoms with E-state index >= 15 is 0 Å². The Morgan fingerprint density at radius 2 is 2.04 bits per heavy atom. The van der Waals surface area contributed by atoms with Gasteiger partial charge < -0.3 is 19.5 Å². The number of benzene rings is 1. The number of ether oxygens (including phenoxy) is 2. The van der Waals surface area contributed by atoms with E-state index < -0.39 is 0 Å². The van der Waals surface area contributed by atoms with Crippen molar-refractivity contribution >= 4 is 17.6 Å². The summed E-state index contributed by atoms with van der Waals surface area (Å²) in [7, 11) is 1.64. The quantitative estimate of drug-likeness (QED) is 0.615. The highest BCUT2D eigenvalue weighted by Crippen LogP contribution is 2.41. The number of rotatable bonds is 10. The Balaban J connectivity index is 1.67. The van der Waals surface area contributed by atoms with Gasteiger partial charge in [-0.1, -0.05) is 26.2 Å². The number of unbranched alkanes of at least 4 members (excludes halogenated alkanes) is 4. The van der Waals surface area contributed by atoms with Crippen LogP contribution in [0, 0.1) is 0 Å². The summed E-state index contributed by atoms with van der Waals surface area (Å²) >= 11 is 0. The number of hydrogen-bond acceptors (Lipinski definition) is 6. The second-order valence-corrected chi connectivity index (χ2v) is 6.91. The van der Waals surface area contributed by atoms with Crippen LogP contribution in [0.3, 0.4) is 0 Å². The predicted octanol–water partition coefficient (Wildman–Crippen LogP) is 2.73. The third-order valence-electron chi connectivity index (χ3n) is 5.09. The topological polar surface area (TPSA) is 83.4 Å². The number of aliphatic hydroxyl groups is 1. The van der Waals surface area contributed by atoms with Crippen LogP contribution < -0.4 is 14.8 Å². The molecule has 27 heavy (non-hydrogen) atoms. The van der Waals surface area contributed by atoms with Crippen LogP contribution in [0.2, 0.25) is 0 Å². The zero-order valence-electron chi connectivity index (χ0n) is 16.2. The Kier molecular flexibility index (Phi) is 6.55. The molecule has 0 aromatic heterocycles. The Hall–Kier alpha value is -2.28. The molecule has 2 heterocycles. The average Bonchev–Trinajstić information content (AvgIpc) is 2.99. The van der Waals surface area contributed by atoms with E-state index in [0.717, 1.165) is 55.5 Å². The van der Waals surface area contributed by atoms with E-state index in [1.165, 1.54) is 0 Å². The van der Waals surface area contributed by atoms with Gasteiger partial charge in [-0.25, -0.2) is 4.99 Å². The summed E-state index contributed by atoms with van der Waals surface area (Å²) in [5.74, 6) is 2.04. The normalized spacial score (nSPS) is 17.9. The van der Waals surface area contributed by atoms with E-state index in [2.05, 4.69) is 10.3 Å². The lowest BCUT2D eigenvalue weighted by Gasteiger charge is -2.28. The molecule has 3 rings (SSSR count). The van der Waals surface area contributed by atoms with Crippen LogP contribution in [-0.2, 0) is 11.3 Å². The average molecular weight is 375 g/mol. The van der Waals surface area contributed by atoms with Gasteiger partial charge in [0, 0.05) is 12.2 Å². The van der Waals surface area contributed by atoms with Gasteiger partial charge in [0.25, 0.3) is 0 Å². The molecule has 0 spiro atoms. The molecular formula is C20H29N3O4. The molecule has 1 saturated heterocycles. The molecule has 2 N–H and O–H groups in total. The summed E-state index contributed by atoms with van der Waals surface area (Å²) in [4.78, 5) is 18.7. The lowest BCUT2D eigenvalue weighted by molar-refractivity contribution is -0.121. The highest BCUT2D eigenvalue weighted by atomic mass is 16.5. The first kappa shape index (κ1) is 19.5. The molecule has 2 aliphatic rings. The molecule has 1 aromatic carbocycles. The summed E-state index contributed by atoms with van der Waals surface area (Å²) in [5.41, 5.74) is 1.77. The zero-order chi connectivity index (χ0) is 19.2. The van der Waals surface area contributed by atoms with Crippen molar-refractivity contribution in [3.8, 4) is 11.5 Å². The van der Waals surface area contributed by atoms with E-state index in [9.17, 15) is 4.79 Å². The molecule has 1 atom stereocenters. The van der Waals surface area contributed by atoms with Gasteiger partial charge in [-0.3, -0.25) is 10.1 Å². The van der Waals surface area contributed by atoms with Gasteiger partial charge in [-0.2, -0.15) is 0 Å². The third-order valence-corrected chi connectivity index (χ3v) is 5.09. The summed E-state index contributed by atoms with van der Waals surface area (Å²) < 4.78 is 11.6. The molecule has 0 bridgehead atoms. The highest BCUT2D eigenvalue weighted by molar-refractivity contribution is 6.07. The van der Waals surface area contributed by atoms with Crippen molar-refractivity contribution < 1.29 is 19.4 Å². The molecule has 0 saturated carbocycles. The summed E-state index contributed by atoms with van der Waals surface area (Å²) in [6.45, 7) is 3.47. The lowest BCUT2D eigenvalue weighted by atomic mass is 10.1. The fourth-order valence-electron chi connectivity index (χ4n) is 3.64. The van der Waals surface area contributed by atoms with Crippen molar-refractivity contribution in [2.24, 2.45) is 4.99 Å². The Morgan fingerprint density at radius 3 is 2.78 bits per heavy atom. The highest BCUT2D eigenvalue weighted by Gasteiger charge is 2.39. The Morgan fingerprint density at radius 1 is 1.26 bits per heavy atom. The van der Waals surface area contributed by atoms with Gasteiger partial charge in [-0.15, -0.1) is 0 Å². The van der Waals surface area contributed by atoms with Crippen LogP contribution in [0.1, 0.15) is 51.0 Å². The summed E-state index contributed by atoms with van der Waals surface area (Å²) in [6, 6.07) is 3.62. The van der Waals surface area contributed by atoms with Crippen LogP contribution in [0.15, 0.2) is 17.1 Å². The molecule has 1 unspecified atom stereocenters. The van der Waals surface area contributed by atoms with Crippen molar-refractivity contribution in [2.45, 2.75) is 58.0 Å². The van der Waals surface area contributed by atoms with Crippen molar-refractivity contribution in [1.82, 2.24) is 10.2 Å². The molecule has 1 amide bonds. The summed E-state index contributed by atoms with van der Waals surface area (Å²) in [6.07, 6.45) is 5.82. The molecule has 2 aliphatic heterocycles. The molecule has 1 fully saturated rings. The molecule has 0 aliphatic carbocycles. The number of carbonyl (C=O) groups is 1. The van der Waals surface area contributed by atoms with Crippen molar-refractivity contribution in [2.75, 3.05) is 20.3 Å². The first-order valence-corrected chi connectivity index (χ1v) is 9.79. The minimum atomic E-state index is -0.190. The number of hydrogen-bond donors (Lipinski definition) is 2. The smallest absolute Gasteiger partial charge is 0.249 e. The van der Waals surface area contributed by atoms with Gasteiger partial charge in [0.05, 0.1) is 25.9 Å². The summed E-state index contributed by atoms with van der Waals surface area (Å²) in [5, 5.41) is 11.7. The molecular weight excluding hydrogens is 346 g/mol. The van der Waals surface area contributed by atoms with Gasteiger partial charge >= 0.3 is 0 Å². The molecule has 1 aromatic rings. The maximum absolute atomic E-state index is 12.1. The Bertz CT molecular complexity index is 705. The zero-order valence-corrected chi connectivity index (χ0v) is 16.2. The van der Waals surface area contributed by atoms with E-state index in [0.29, 0.717) is 24.9 Å². The van der Waals surface area contributed by atoms with Crippen LogP contribution >= 0.6 is 0 Å². The maximum Gasteiger partial charge on any atom is 0.249 e. The number of fused-ring (bicyclic) bond motifs is 2. The van der Waals surface area contributed by atoms with Crippen LogP contribution in [-0.4, -0.2) is 48.2 Å².